The van der Waals surface area contributed by atoms with E-state index in [2.05, 4.69) is 12.6 Å². The van der Waals surface area contributed by atoms with Gasteiger partial charge in [-0.2, -0.15) is 0 Å². The lowest BCUT2D eigenvalue weighted by Crippen LogP contribution is -2.60. The second-order valence-corrected chi connectivity index (χ2v) is 10.3. The summed E-state index contributed by atoms with van der Waals surface area (Å²) in [6, 6.07) is 29.4. The number of esters is 1. The first kappa shape index (κ1) is 30.0. The van der Waals surface area contributed by atoms with Crippen molar-refractivity contribution in [1.29, 1.82) is 0 Å². The van der Waals surface area contributed by atoms with Crippen LogP contribution in [0.2, 0.25) is 0 Å². The summed E-state index contributed by atoms with van der Waals surface area (Å²) in [4.78, 5) is 24.1. The average molecular weight is 565 g/mol. The molecule has 1 saturated heterocycles. The second kappa shape index (κ2) is 15.7. The molecule has 212 valence electrons. The van der Waals surface area contributed by atoms with Crippen LogP contribution < -0.4 is 0 Å². The molecular formula is C32H36O7S. The molecule has 1 aliphatic heterocycles. The molecule has 7 nitrogen and oxygen atoms in total. The molecule has 0 aromatic heterocycles. The molecule has 1 aliphatic rings. The maximum absolute atomic E-state index is 12.7. The van der Waals surface area contributed by atoms with Crippen LogP contribution >= 0.6 is 12.6 Å². The Hall–Kier alpha value is -3.01. The van der Waals surface area contributed by atoms with E-state index in [9.17, 15) is 9.59 Å². The van der Waals surface area contributed by atoms with Crippen molar-refractivity contribution in [1.82, 2.24) is 0 Å². The van der Waals surface area contributed by atoms with Crippen molar-refractivity contribution in [3.8, 4) is 0 Å². The largest absolute Gasteiger partial charge is 0.456 e. The van der Waals surface area contributed by atoms with Gasteiger partial charge >= 0.3 is 5.97 Å². The molecule has 1 heterocycles. The number of thiol groups is 1. The molecule has 40 heavy (non-hydrogen) atoms. The van der Waals surface area contributed by atoms with Crippen LogP contribution in [0.3, 0.4) is 0 Å². The maximum atomic E-state index is 12.7. The summed E-state index contributed by atoms with van der Waals surface area (Å²) in [7, 11) is 0. The monoisotopic (exact) mass is 564 g/mol. The minimum absolute atomic E-state index is 0.0309. The van der Waals surface area contributed by atoms with Gasteiger partial charge in [0.25, 0.3) is 0 Å². The highest BCUT2D eigenvalue weighted by atomic mass is 32.1. The third kappa shape index (κ3) is 9.28. The Kier molecular flexibility index (Phi) is 11.8. The number of hydrogen-bond acceptors (Lipinski definition) is 8. The lowest BCUT2D eigenvalue weighted by Gasteiger charge is -2.44. The molecule has 8 heteroatoms. The third-order valence-corrected chi connectivity index (χ3v) is 6.94. The molecule has 5 atom stereocenters. The molecule has 0 amide bonds. The molecule has 0 aliphatic carbocycles. The summed E-state index contributed by atoms with van der Waals surface area (Å²) in [6.45, 7) is 2.65. The Morgan fingerprint density at radius 2 is 1.20 bits per heavy atom. The van der Waals surface area contributed by atoms with Crippen LogP contribution in [0.5, 0.6) is 0 Å². The van der Waals surface area contributed by atoms with Crippen molar-refractivity contribution < 1.29 is 33.3 Å². The molecule has 3 aromatic carbocycles. The highest BCUT2D eigenvalue weighted by molar-refractivity contribution is 7.80. The van der Waals surface area contributed by atoms with E-state index in [1.54, 1.807) is 0 Å². The van der Waals surface area contributed by atoms with E-state index in [4.69, 9.17) is 23.7 Å². The number of hydrogen-bond donors (Lipinski definition) is 1. The lowest BCUT2D eigenvalue weighted by atomic mass is 9.98. The van der Waals surface area contributed by atoms with Gasteiger partial charge in [-0.1, -0.05) is 91.0 Å². The van der Waals surface area contributed by atoms with Crippen LogP contribution in [0.25, 0.3) is 0 Å². The van der Waals surface area contributed by atoms with Crippen molar-refractivity contribution in [3.05, 3.63) is 108 Å². The number of carbonyl (C=O) groups excluding carboxylic acids is 2. The van der Waals surface area contributed by atoms with Gasteiger partial charge in [0.15, 0.2) is 6.10 Å². The van der Waals surface area contributed by atoms with E-state index >= 15 is 0 Å². The summed E-state index contributed by atoms with van der Waals surface area (Å²) in [6.07, 6.45) is -2.67. The van der Waals surface area contributed by atoms with E-state index in [1.165, 1.54) is 6.92 Å². The first-order chi connectivity index (χ1) is 19.5. The lowest BCUT2D eigenvalue weighted by molar-refractivity contribution is -0.249. The van der Waals surface area contributed by atoms with Crippen molar-refractivity contribution in [2.75, 3.05) is 6.61 Å². The number of carbonyl (C=O) groups is 2. The first-order valence-electron chi connectivity index (χ1n) is 13.4. The van der Waals surface area contributed by atoms with Crippen molar-refractivity contribution in [2.45, 2.75) is 69.4 Å². The Labute approximate surface area is 241 Å². The van der Waals surface area contributed by atoms with Gasteiger partial charge in [0.2, 0.25) is 0 Å². The molecule has 0 radical (unpaired) electrons. The van der Waals surface area contributed by atoms with Crippen LogP contribution in [-0.2, 0) is 53.1 Å². The molecular weight excluding hydrogens is 528 g/mol. The summed E-state index contributed by atoms with van der Waals surface area (Å²) in [5.74, 6) is -0.604. The second-order valence-electron chi connectivity index (χ2n) is 9.74. The quantitative estimate of drug-likeness (QED) is 0.210. The minimum Gasteiger partial charge on any atom is -0.456 e. The SMILES string of the molecule is CC(=O)CCC(=O)O[C@@H]1[C@@H](OCc2ccccc2)[C@H](OCc2ccccc2)[C@@H](COCc2ccccc2)O[C@H]1S. The molecule has 0 N–H and O–H groups in total. The van der Waals surface area contributed by atoms with E-state index in [-0.39, 0.29) is 31.8 Å². The van der Waals surface area contributed by atoms with Crippen LogP contribution in [0.1, 0.15) is 36.5 Å². The molecule has 1 fully saturated rings. The number of Topliss-reactive ketones (excluding diaryl/α,β-unsaturated/α-hetero) is 1. The number of rotatable bonds is 14. The van der Waals surface area contributed by atoms with Gasteiger partial charge in [-0.25, -0.2) is 0 Å². The summed E-state index contributed by atoms with van der Waals surface area (Å²) in [5.41, 5.74) is 2.20. The van der Waals surface area contributed by atoms with Crippen molar-refractivity contribution in [3.63, 3.8) is 0 Å². The summed E-state index contributed by atoms with van der Waals surface area (Å²) in [5, 5.41) is 0. The molecule has 0 saturated carbocycles. The fourth-order valence-electron chi connectivity index (χ4n) is 4.44. The molecule has 4 rings (SSSR count). The van der Waals surface area contributed by atoms with Gasteiger partial charge in [-0.15, -0.1) is 12.6 Å². The van der Waals surface area contributed by atoms with Gasteiger partial charge in [0.1, 0.15) is 29.5 Å². The van der Waals surface area contributed by atoms with Crippen molar-refractivity contribution >= 4 is 24.4 Å². The predicted molar refractivity (Wildman–Crippen MR) is 154 cm³/mol. The first-order valence-corrected chi connectivity index (χ1v) is 14.0. The smallest absolute Gasteiger partial charge is 0.306 e. The van der Waals surface area contributed by atoms with Gasteiger partial charge in [-0.3, -0.25) is 4.79 Å². The van der Waals surface area contributed by atoms with Gasteiger partial charge in [-0.05, 0) is 23.6 Å². The van der Waals surface area contributed by atoms with Gasteiger partial charge in [0.05, 0.1) is 32.8 Å². The summed E-state index contributed by atoms with van der Waals surface area (Å²) < 4.78 is 31.0. The number of ether oxygens (including phenoxy) is 5. The summed E-state index contributed by atoms with van der Waals surface area (Å²) >= 11 is 4.65. The highest BCUT2D eigenvalue weighted by Crippen LogP contribution is 2.32. The average Bonchev–Trinajstić information content (AvgIpc) is 2.97. The van der Waals surface area contributed by atoms with E-state index in [0.717, 1.165) is 16.7 Å². The molecule has 3 aromatic rings. The fourth-order valence-corrected chi connectivity index (χ4v) is 4.82. The number of ketones is 1. The standard InChI is InChI=1S/C32H36O7S/c1-23(33)17-18-28(34)39-31-30(37-21-26-15-9-4-10-16-26)29(36-20-25-13-7-3-8-14-25)27(38-32(31)40)22-35-19-24-11-5-2-6-12-24/h2-16,27,29-32,40H,17-22H2,1H3/t27-,29-,30+,31-,32+/m1/s1. The maximum Gasteiger partial charge on any atom is 0.306 e. The highest BCUT2D eigenvalue weighted by Gasteiger charge is 2.48. The molecule has 0 spiro atoms. The van der Waals surface area contributed by atoms with E-state index < -0.39 is 35.8 Å². The minimum atomic E-state index is -0.863. The fraction of sp³-hybridized carbons (Fsp3) is 0.375. The Balaban J connectivity index is 1.55. The third-order valence-electron chi connectivity index (χ3n) is 6.52. The predicted octanol–water partition coefficient (Wildman–Crippen LogP) is 5.31. The Morgan fingerprint density at radius 3 is 1.73 bits per heavy atom. The Morgan fingerprint density at radius 1 is 0.700 bits per heavy atom. The van der Waals surface area contributed by atoms with Crippen LogP contribution in [0, 0.1) is 0 Å². The van der Waals surface area contributed by atoms with Crippen LogP contribution in [0.4, 0.5) is 0 Å². The molecule has 0 unspecified atom stereocenters. The topological polar surface area (TPSA) is 80.3 Å². The zero-order valence-electron chi connectivity index (χ0n) is 22.6. The van der Waals surface area contributed by atoms with E-state index in [1.807, 2.05) is 91.0 Å². The van der Waals surface area contributed by atoms with Crippen LogP contribution in [-0.4, -0.2) is 48.2 Å². The zero-order chi connectivity index (χ0) is 28.2. The Bertz CT molecular complexity index is 1180. The van der Waals surface area contributed by atoms with Gasteiger partial charge < -0.3 is 28.5 Å². The van der Waals surface area contributed by atoms with E-state index in [0.29, 0.717) is 13.2 Å². The van der Waals surface area contributed by atoms with Crippen molar-refractivity contribution in [2.24, 2.45) is 0 Å². The number of benzene rings is 3. The van der Waals surface area contributed by atoms with Gasteiger partial charge in [0, 0.05) is 6.42 Å². The molecule has 0 bridgehead atoms. The normalized spacial score (nSPS) is 22.5. The van der Waals surface area contributed by atoms with Crippen LogP contribution in [0.15, 0.2) is 91.0 Å². The zero-order valence-corrected chi connectivity index (χ0v) is 23.5.